The van der Waals surface area contributed by atoms with Crippen LogP contribution < -0.4 is 14.8 Å². The van der Waals surface area contributed by atoms with Crippen LogP contribution in [0.2, 0.25) is 0 Å². The Kier molecular flexibility index (Phi) is 7.81. The summed E-state index contributed by atoms with van der Waals surface area (Å²) in [5.41, 5.74) is 2.03. The van der Waals surface area contributed by atoms with Crippen molar-refractivity contribution >= 4 is 15.9 Å². The SMILES string of the molecule is C[C@H](NS(=O)(=O)c1ccc(OCC(=O)NCCc2ccccc2)cc1)c1ccccc1. The Balaban J connectivity index is 1.47. The molecule has 0 saturated carbocycles. The van der Waals surface area contributed by atoms with E-state index in [1.54, 1.807) is 19.1 Å². The molecule has 0 fully saturated rings. The van der Waals surface area contributed by atoms with E-state index < -0.39 is 10.0 Å². The molecule has 162 valence electrons. The third-order valence-corrected chi connectivity index (χ3v) is 6.27. The monoisotopic (exact) mass is 438 g/mol. The molecule has 0 saturated heterocycles. The lowest BCUT2D eigenvalue weighted by Crippen LogP contribution is -2.30. The van der Waals surface area contributed by atoms with Crippen molar-refractivity contribution in [2.75, 3.05) is 13.2 Å². The van der Waals surface area contributed by atoms with Crippen LogP contribution in [0, 0.1) is 0 Å². The molecule has 1 amide bonds. The zero-order valence-electron chi connectivity index (χ0n) is 17.3. The van der Waals surface area contributed by atoms with E-state index in [0.717, 1.165) is 17.5 Å². The van der Waals surface area contributed by atoms with Crippen molar-refractivity contribution in [3.63, 3.8) is 0 Å². The maximum absolute atomic E-state index is 12.6. The van der Waals surface area contributed by atoms with Crippen LogP contribution in [0.4, 0.5) is 0 Å². The summed E-state index contributed by atoms with van der Waals surface area (Å²) in [6.45, 7) is 2.18. The van der Waals surface area contributed by atoms with Gasteiger partial charge in [0, 0.05) is 12.6 Å². The van der Waals surface area contributed by atoms with Crippen molar-refractivity contribution in [3.05, 3.63) is 96.1 Å². The lowest BCUT2D eigenvalue weighted by Gasteiger charge is -2.15. The molecule has 7 heteroatoms. The average molecular weight is 439 g/mol. The fraction of sp³-hybridized carbons (Fsp3) is 0.208. The third kappa shape index (κ3) is 6.94. The first-order valence-corrected chi connectivity index (χ1v) is 11.5. The lowest BCUT2D eigenvalue weighted by molar-refractivity contribution is -0.123. The van der Waals surface area contributed by atoms with Gasteiger partial charge in [0.05, 0.1) is 4.90 Å². The van der Waals surface area contributed by atoms with Crippen LogP contribution >= 0.6 is 0 Å². The first-order chi connectivity index (χ1) is 14.9. The molecule has 0 radical (unpaired) electrons. The van der Waals surface area contributed by atoms with Gasteiger partial charge in [0.25, 0.3) is 5.91 Å². The van der Waals surface area contributed by atoms with Gasteiger partial charge in [0.2, 0.25) is 10.0 Å². The van der Waals surface area contributed by atoms with Gasteiger partial charge in [0.1, 0.15) is 5.75 Å². The smallest absolute Gasteiger partial charge is 0.257 e. The first kappa shape index (κ1) is 22.5. The van der Waals surface area contributed by atoms with Crippen LogP contribution in [0.15, 0.2) is 89.8 Å². The van der Waals surface area contributed by atoms with Gasteiger partial charge < -0.3 is 10.1 Å². The number of hydrogen-bond donors (Lipinski definition) is 2. The molecule has 3 rings (SSSR count). The summed E-state index contributed by atoms with van der Waals surface area (Å²) in [6, 6.07) is 24.9. The van der Waals surface area contributed by atoms with Crippen LogP contribution in [-0.4, -0.2) is 27.5 Å². The van der Waals surface area contributed by atoms with Crippen LogP contribution in [0.3, 0.4) is 0 Å². The number of hydrogen-bond acceptors (Lipinski definition) is 4. The van der Waals surface area contributed by atoms with E-state index >= 15 is 0 Å². The summed E-state index contributed by atoms with van der Waals surface area (Å²) in [5, 5.41) is 2.80. The van der Waals surface area contributed by atoms with Gasteiger partial charge in [-0.3, -0.25) is 4.79 Å². The molecule has 0 bridgehead atoms. The Morgan fingerprint density at radius 3 is 2.16 bits per heavy atom. The zero-order valence-corrected chi connectivity index (χ0v) is 18.1. The molecule has 0 heterocycles. The number of amides is 1. The van der Waals surface area contributed by atoms with Crippen molar-refractivity contribution in [1.29, 1.82) is 0 Å². The third-order valence-electron chi connectivity index (χ3n) is 4.71. The highest BCUT2D eigenvalue weighted by atomic mass is 32.2. The molecule has 0 aliphatic rings. The summed E-state index contributed by atoms with van der Waals surface area (Å²) in [4.78, 5) is 12.1. The normalized spacial score (nSPS) is 12.2. The highest BCUT2D eigenvalue weighted by Gasteiger charge is 2.18. The predicted octanol–water partition coefficient (Wildman–Crippen LogP) is 3.46. The van der Waals surface area contributed by atoms with Crippen molar-refractivity contribution in [2.45, 2.75) is 24.3 Å². The number of carbonyl (C=O) groups excluding carboxylic acids is 1. The molecule has 3 aromatic rings. The van der Waals surface area contributed by atoms with Gasteiger partial charge in [-0.15, -0.1) is 0 Å². The fourth-order valence-corrected chi connectivity index (χ4v) is 4.25. The highest BCUT2D eigenvalue weighted by molar-refractivity contribution is 7.89. The second-order valence-electron chi connectivity index (χ2n) is 7.10. The largest absolute Gasteiger partial charge is 0.484 e. The van der Waals surface area contributed by atoms with Gasteiger partial charge in [0.15, 0.2) is 6.61 Å². The molecule has 2 N–H and O–H groups in total. The number of nitrogens with one attached hydrogen (secondary N) is 2. The number of sulfonamides is 1. The molecular formula is C24H26N2O4S. The van der Waals surface area contributed by atoms with E-state index in [4.69, 9.17) is 4.74 Å². The van der Waals surface area contributed by atoms with Crippen molar-refractivity contribution < 1.29 is 17.9 Å². The number of rotatable bonds is 10. The molecule has 0 unspecified atom stereocenters. The van der Waals surface area contributed by atoms with Gasteiger partial charge >= 0.3 is 0 Å². The van der Waals surface area contributed by atoms with E-state index in [0.29, 0.717) is 12.3 Å². The van der Waals surface area contributed by atoms with Crippen LogP contribution in [0.25, 0.3) is 0 Å². The van der Waals surface area contributed by atoms with E-state index in [1.165, 1.54) is 12.1 Å². The van der Waals surface area contributed by atoms with Gasteiger partial charge in [-0.05, 0) is 48.7 Å². The molecule has 6 nitrogen and oxygen atoms in total. The second-order valence-corrected chi connectivity index (χ2v) is 8.81. The molecule has 0 aliphatic heterocycles. The number of benzene rings is 3. The van der Waals surface area contributed by atoms with Gasteiger partial charge in [-0.1, -0.05) is 60.7 Å². The number of ether oxygens (including phenoxy) is 1. The molecule has 0 aromatic heterocycles. The summed E-state index contributed by atoms with van der Waals surface area (Å²) in [6.07, 6.45) is 0.744. The predicted molar refractivity (Wildman–Crippen MR) is 120 cm³/mol. The Bertz CT molecular complexity index is 1070. The van der Waals surface area contributed by atoms with E-state index in [9.17, 15) is 13.2 Å². The zero-order chi connectivity index (χ0) is 22.1. The molecule has 1 atom stereocenters. The molecule has 0 aliphatic carbocycles. The maximum Gasteiger partial charge on any atom is 0.257 e. The summed E-state index contributed by atoms with van der Waals surface area (Å²) in [7, 11) is -3.68. The van der Waals surface area contributed by atoms with Crippen molar-refractivity contribution in [2.24, 2.45) is 0 Å². The van der Waals surface area contributed by atoms with Crippen LogP contribution in [0.5, 0.6) is 5.75 Å². The van der Waals surface area contributed by atoms with Crippen molar-refractivity contribution in [3.8, 4) is 5.75 Å². The summed E-state index contributed by atoms with van der Waals surface area (Å²) < 4.78 is 33.3. The van der Waals surface area contributed by atoms with Crippen LogP contribution in [-0.2, 0) is 21.2 Å². The Morgan fingerprint density at radius 2 is 1.52 bits per heavy atom. The van der Waals surface area contributed by atoms with E-state index in [1.807, 2.05) is 60.7 Å². The minimum Gasteiger partial charge on any atom is -0.484 e. The second kappa shape index (κ2) is 10.7. The van der Waals surface area contributed by atoms with Gasteiger partial charge in [-0.2, -0.15) is 0 Å². The Morgan fingerprint density at radius 1 is 0.903 bits per heavy atom. The quantitative estimate of drug-likeness (QED) is 0.508. The molecule has 31 heavy (non-hydrogen) atoms. The molecule has 3 aromatic carbocycles. The van der Waals surface area contributed by atoms with E-state index in [-0.39, 0.29) is 23.5 Å². The number of carbonyl (C=O) groups is 1. The highest BCUT2D eigenvalue weighted by Crippen LogP contribution is 2.19. The minimum absolute atomic E-state index is 0.134. The standard InChI is InChI=1S/C24H26N2O4S/c1-19(21-10-6-3-7-11-21)26-31(28,29)23-14-12-22(13-15-23)30-18-24(27)25-17-16-20-8-4-2-5-9-20/h2-15,19,26H,16-18H2,1H3,(H,25,27)/t19-/m0/s1. The van der Waals surface area contributed by atoms with Crippen LogP contribution in [0.1, 0.15) is 24.1 Å². The Labute approximate surface area is 183 Å². The fourth-order valence-electron chi connectivity index (χ4n) is 3.02. The summed E-state index contributed by atoms with van der Waals surface area (Å²) >= 11 is 0. The van der Waals surface area contributed by atoms with Gasteiger partial charge in [-0.25, -0.2) is 13.1 Å². The Hall–Kier alpha value is -3.16. The summed E-state index contributed by atoms with van der Waals surface area (Å²) in [5.74, 6) is 0.194. The minimum atomic E-state index is -3.68. The van der Waals surface area contributed by atoms with Crippen molar-refractivity contribution in [1.82, 2.24) is 10.0 Å². The first-order valence-electron chi connectivity index (χ1n) is 10.0. The lowest BCUT2D eigenvalue weighted by atomic mass is 10.1. The molecule has 0 spiro atoms. The average Bonchev–Trinajstić information content (AvgIpc) is 2.79. The maximum atomic E-state index is 12.6. The van der Waals surface area contributed by atoms with E-state index in [2.05, 4.69) is 10.0 Å². The molecular weight excluding hydrogens is 412 g/mol. The topological polar surface area (TPSA) is 84.5 Å².